The highest BCUT2D eigenvalue weighted by Gasteiger charge is 2.24. The fraction of sp³-hybridized carbons (Fsp3) is 0.455. The van der Waals surface area contributed by atoms with Crippen LogP contribution in [0.5, 0.6) is 0 Å². The molecule has 0 bridgehead atoms. The molecule has 1 aromatic carbocycles. The van der Waals surface area contributed by atoms with Gasteiger partial charge < -0.3 is 0 Å². The summed E-state index contributed by atoms with van der Waals surface area (Å²) in [5, 5.41) is -0.0401. The molecule has 0 amide bonds. The molecule has 1 atom stereocenters. The second-order valence-electron chi connectivity index (χ2n) is 3.88. The van der Waals surface area contributed by atoms with E-state index in [4.69, 9.17) is 23.2 Å². The number of alkyl halides is 1. The number of benzene rings is 1. The van der Waals surface area contributed by atoms with Crippen molar-refractivity contribution in [2.45, 2.75) is 30.7 Å². The molecule has 0 fully saturated rings. The first-order chi connectivity index (χ1) is 8.83. The van der Waals surface area contributed by atoms with Gasteiger partial charge in [-0.1, -0.05) is 46.1 Å². The quantitative estimate of drug-likeness (QED) is 0.587. The first kappa shape index (κ1) is 17.2. The Labute approximate surface area is 130 Å². The molecule has 1 rings (SSSR count). The molecule has 0 aliphatic heterocycles. The zero-order chi connectivity index (χ0) is 14.6. The van der Waals surface area contributed by atoms with Crippen molar-refractivity contribution < 1.29 is 12.8 Å². The van der Waals surface area contributed by atoms with Crippen molar-refractivity contribution in [3.63, 3.8) is 0 Å². The molecular weight excluding hydrogens is 380 g/mol. The summed E-state index contributed by atoms with van der Waals surface area (Å²) in [6.45, 7) is 1.86. The SMILES string of the molecule is CCC(CCBr)NS(=O)(=O)c1ccc(Cl)c(F)c1Cl. The first-order valence-electron chi connectivity index (χ1n) is 5.55. The zero-order valence-corrected chi connectivity index (χ0v) is 14.0. The van der Waals surface area contributed by atoms with E-state index in [1.54, 1.807) is 0 Å². The minimum Gasteiger partial charge on any atom is -0.208 e. The predicted octanol–water partition coefficient (Wildman–Crippen LogP) is 3.97. The monoisotopic (exact) mass is 391 g/mol. The Balaban J connectivity index is 3.10. The van der Waals surface area contributed by atoms with E-state index in [1.165, 1.54) is 12.1 Å². The molecule has 0 radical (unpaired) electrons. The van der Waals surface area contributed by atoms with E-state index in [0.29, 0.717) is 18.2 Å². The van der Waals surface area contributed by atoms with Crippen LogP contribution >= 0.6 is 39.1 Å². The summed E-state index contributed by atoms with van der Waals surface area (Å²) in [5.74, 6) is -0.931. The zero-order valence-electron chi connectivity index (χ0n) is 10.1. The Hall–Kier alpha value is 0.120. The summed E-state index contributed by atoms with van der Waals surface area (Å²) < 4.78 is 40.3. The summed E-state index contributed by atoms with van der Waals surface area (Å²) >= 11 is 14.5. The van der Waals surface area contributed by atoms with Crippen LogP contribution in [0.25, 0.3) is 0 Å². The second kappa shape index (κ2) is 7.22. The van der Waals surface area contributed by atoms with Gasteiger partial charge in [-0.2, -0.15) is 0 Å². The number of hydrogen-bond acceptors (Lipinski definition) is 2. The summed E-state index contributed by atoms with van der Waals surface area (Å²) in [5.41, 5.74) is 0. The van der Waals surface area contributed by atoms with Crippen LogP contribution in [0.1, 0.15) is 19.8 Å². The third-order valence-electron chi connectivity index (χ3n) is 2.56. The molecule has 108 valence electrons. The van der Waals surface area contributed by atoms with Gasteiger partial charge in [0.2, 0.25) is 10.0 Å². The Morgan fingerprint density at radius 3 is 2.58 bits per heavy atom. The van der Waals surface area contributed by atoms with Crippen LogP contribution in [-0.2, 0) is 10.0 Å². The van der Waals surface area contributed by atoms with Crippen molar-refractivity contribution in [2.24, 2.45) is 0 Å². The van der Waals surface area contributed by atoms with Crippen LogP contribution in [0.3, 0.4) is 0 Å². The van der Waals surface area contributed by atoms with Crippen molar-refractivity contribution in [1.82, 2.24) is 4.72 Å². The molecule has 0 aliphatic carbocycles. The number of nitrogens with one attached hydrogen (secondary N) is 1. The van der Waals surface area contributed by atoms with Gasteiger partial charge in [-0.25, -0.2) is 17.5 Å². The summed E-state index contributed by atoms with van der Waals surface area (Å²) in [7, 11) is -3.87. The summed E-state index contributed by atoms with van der Waals surface area (Å²) in [6, 6.07) is 2.12. The Kier molecular flexibility index (Phi) is 6.53. The van der Waals surface area contributed by atoms with Gasteiger partial charge in [-0.05, 0) is 25.0 Å². The maximum absolute atomic E-state index is 13.5. The minimum absolute atomic E-state index is 0.212. The van der Waals surface area contributed by atoms with Crippen molar-refractivity contribution in [2.75, 3.05) is 5.33 Å². The maximum Gasteiger partial charge on any atom is 0.242 e. The molecule has 3 nitrogen and oxygen atoms in total. The van der Waals surface area contributed by atoms with Crippen molar-refractivity contribution in [1.29, 1.82) is 0 Å². The number of hydrogen-bond donors (Lipinski definition) is 1. The summed E-state index contributed by atoms with van der Waals surface area (Å²) in [4.78, 5) is -0.302. The van der Waals surface area contributed by atoms with Gasteiger partial charge in [-0.3, -0.25) is 0 Å². The largest absolute Gasteiger partial charge is 0.242 e. The van der Waals surface area contributed by atoms with Gasteiger partial charge in [-0.15, -0.1) is 0 Å². The van der Waals surface area contributed by atoms with Crippen LogP contribution in [0, 0.1) is 5.82 Å². The van der Waals surface area contributed by atoms with Crippen LogP contribution < -0.4 is 4.72 Å². The lowest BCUT2D eigenvalue weighted by molar-refractivity contribution is 0.531. The van der Waals surface area contributed by atoms with Gasteiger partial charge in [0.25, 0.3) is 0 Å². The van der Waals surface area contributed by atoms with Crippen LogP contribution in [-0.4, -0.2) is 19.8 Å². The van der Waals surface area contributed by atoms with E-state index in [-0.39, 0.29) is 16.0 Å². The lowest BCUT2D eigenvalue weighted by atomic mass is 10.2. The highest BCUT2D eigenvalue weighted by molar-refractivity contribution is 9.09. The highest BCUT2D eigenvalue weighted by atomic mass is 79.9. The fourth-order valence-electron chi connectivity index (χ4n) is 1.48. The van der Waals surface area contributed by atoms with Gasteiger partial charge in [0.1, 0.15) is 4.90 Å². The van der Waals surface area contributed by atoms with E-state index < -0.39 is 20.9 Å². The van der Waals surface area contributed by atoms with Crippen LogP contribution in [0.15, 0.2) is 17.0 Å². The minimum atomic E-state index is -3.87. The third kappa shape index (κ3) is 4.29. The Morgan fingerprint density at radius 2 is 2.05 bits per heavy atom. The predicted molar refractivity (Wildman–Crippen MR) is 79.2 cm³/mol. The molecule has 19 heavy (non-hydrogen) atoms. The van der Waals surface area contributed by atoms with E-state index in [1.807, 2.05) is 6.92 Å². The standard InChI is InChI=1S/C11H13BrCl2FNO2S/c1-2-7(5-6-12)16-19(17,18)9-4-3-8(13)11(15)10(9)14/h3-4,7,16H,2,5-6H2,1H3. The van der Waals surface area contributed by atoms with Gasteiger partial charge >= 0.3 is 0 Å². The van der Waals surface area contributed by atoms with Crippen molar-refractivity contribution in [3.05, 3.63) is 28.0 Å². The van der Waals surface area contributed by atoms with Gasteiger partial charge in [0.15, 0.2) is 5.82 Å². The number of sulfonamides is 1. The number of halogens is 4. The molecule has 0 saturated carbocycles. The fourth-order valence-corrected chi connectivity index (χ4v) is 4.13. The molecule has 1 N–H and O–H groups in total. The smallest absolute Gasteiger partial charge is 0.208 e. The molecule has 1 unspecified atom stereocenters. The van der Waals surface area contributed by atoms with E-state index in [0.717, 1.165) is 0 Å². The molecule has 1 aromatic rings. The highest BCUT2D eigenvalue weighted by Crippen LogP contribution is 2.29. The van der Waals surface area contributed by atoms with E-state index >= 15 is 0 Å². The first-order valence-corrected chi connectivity index (χ1v) is 8.91. The lowest BCUT2D eigenvalue weighted by Gasteiger charge is -2.16. The molecule has 0 aromatic heterocycles. The van der Waals surface area contributed by atoms with Crippen LogP contribution in [0.2, 0.25) is 10.0 Å². The molecular formula is C11H13BrCl2FNO2S. The average Bonchev–Trinajstić information content (AvgIpc) is 2.34. The van der Waals surface area contributed by atoms with Crippen molar-refractivity contribution in [3.8, 4) is 0 Å². The van der Waals surface area contributed by atoms with E-state index in [2.05, 4.69) is 20.7 Å². The third-order valence-corrected chi connectivity index (χ3v) is 5.36. The van der Waals surface area contributed by atoms with E-state index in [9.17, 15) is 12.8 Å². The molecule has 0 saturated heterocycles. The average molecular weight is 393 g/mol. The molecule has 0 aliphatic rings. The Bertz CT molecular complexity index is 554. The molecule has 0 spiro atoms. The topological polar surface area (TPSA) is 46.2 Å². The number of rotatable bonds is 6. The second-order valence-corrected chi connectivity index (χ2v) is 7.14. The molecule has 0 heterocycles. The van der Waals surface area contributed by atoms with Gasteiger partial charge in [0, 0.05) is 11.4 Å². The normalized spacial score (nSPS) is 13.5. The Morgan fingerprint density at radius 1 is 1.42 bits per heavy atom. The molecule has 8 heteroatoms. The lowest BCUT2D eigenvalue weighted by Crippen LogP contribution is -2.34. The maximum atomic E-state index is 13.5. The van der Waals surface area contributed by atoms with Crippen molar-refractivity contribution >= 4 is 49.2 Å². The van der Waals surface area contributed by atoms with Crippen LogP contribution in [0.4, 0.5) is 4.39 Å². The summed E-state index contributed by atoms with van der Waals surface area (Å²) in [6.07, 6.45) is 1.25. The van der Waals surface area contributed by atoms with Gasteiger partial charge in [0.05, 0.1) is 10.0 Å².